The lowest BCUT2D eigenvalue weighted by molar-refractivity contribution is -0.0228. The minimum atomic E-state index is -1.23. The van der Waals surface area contributed by atoms with Crippen LogP contribution in [0, 0.1) is 0 Å². The number of aliphatic hydroxyl groups excluding tert-OH is 3. The van der Waals surface area contributed by atoms with Crippen LogP contribution < -0.4 is 5.32 Å². The molecule has 1 amide bonds. The molecular weight excluding hydrogens is 391 g/mol. The molecule has 0 radical (unpaired) electrons. The van der Waals surface area contributed by atoms with Crippen LogP contribution >= 0.6 is 34.5 Å². The number of aromatic nitrogens is 1. The van der Waals surface area contributed by atoms with E-state index >= 15 is 0 Å². The summed E-state index contributed by atoms with van der Waals surface area (Å²) in [6.07, 6.45) is -4.26. The lowest BCUT2D eigenvalue weighted by Gasteiger charge is -2.11. The zero-order valence-corrected chi connectivity index (χ0v) is 14.9. The first kappa shape index (κ1) is 18.5. The highest BCUT2D eigenvalue weighted by Gasteiger charge is 2.44. The van der Waals surface area contributed by atoms with Crippen molar-refractivity contribution in [2.45, 2.75) is 24.4 Å². The van der Waals surface area contributed by atoms with Gasteiger partial charge in [-0.15, -0.1) is 11.3 Å². The predicted octanol–water partition coefficient (Wildman–Crippen LogP) is 1.86. The summed E-state index contributed by atoms with van der Waals surface area (Å²) >= 11 is 13.0. The number of hydrogen-bond donors (Lipinski definition) is 4. The van der Waals surface area contributed by atoms with Crippen molar-refractivity contribution >= 4 is 46.1 Å². The molecule has 4 N–H and O–H groups in total. The predicted molar refractivity (Wildman–Crippen MR) is 93.2 cm³/mol. The Bertz CT molecular complexity index is 787. The Morgan fingerprint density at radius 1 is 1.32 bits per heavy atom. The topological polar surface area (TPSA) is 112 Å². The molecule has 10 heteroatoms. The molecule has 1 saturated heterocycles. The van der Waals surface area contributed by atoms with Crippen molar-refractivity contribution < 1.29 is 24.9 Å². The average Bonchev–Trinajstić information content (AvgIpc) is 3.18. The third kappa shape index (κ3) is 3.65. The van der Waals surface area contributed by atoms with Gasteiger partial charge in [-0.1, -0.05) is 29.3 Å². The Labute approximate surface area is 156 Å². The number of anilines is 1. The Morgan fingerprint density at radius 3 is 2.76 bits per heavy atom. The minimum absolute atomic E-state index is 0.105. The van der Waals surface area contributed by atoms with Crippen LogP contribution in [0.3, 0.4) is 0 Å². The highest BCUT2D eigenvalue weighted by atomic mass is 35.5. The van der Waals surface area contributed by atoms with Crippen molar-refractivity contribution in [1.29, 1.82) is 0 Å². The van der Waals surface area contributed by atoms with Gasteiger partial charge in [0.25, 0.3) is 5.91 Å². The number of benzene rings is 1. The first-order valence-corrected chi connectivity index (χ1v) is 8.89. The van der Waals surface area contributed by atoms with Crippen molar-refractivity contribution in [2.24, 2.45) is 0 Å². The lowest BCUT2D eigenvalue weighted by Crippen LogP contribution is -2.32. The van der Waals surface area contributed by atoms with Crippen molar-refractivity contribution in [2.75, 3.05) is 11.9 Å². The van der Waals surface area contributed by atoms with E-state index < -0.39 is 36.9 Å². The van der Waals surface area contributed by atoms with Crippen molar-refractivity contribution in [3.8, 4) is 0 Å². The van der Waals surface area contributed by atoms with Crippen LogP contribution in [0.5, 0.6) is 0 Å². The number of carbonyl (C=O) groups is 1. The summed E-state index contributed by atoms with van der Waals surface area (Å²) in [5, 5.41) is 33.9. The molecule has 0 unspecified atom stereocenters. The summed E-state index contributed by atoms with van der Waals surface area (Å²) < 4.78 is 5.40. The van der Waals surface area contributed by atoms with E-state index in [-0.39, 0.29) is 10.7 Å². The number of nitrogens with one attached hydrogen (secondary N) is 1. The molecule has 134 valence electrons. The monoisotopic (exact) mass is 404 g/mol. The van der Waals surface area contributed by atoms with E-state index in [1.165, 1.54) is 5.38 Å². The number of ether oxygens (including phenoxy) is 1. The molecule has 1 fully saturated rings. The van der Waals surface area contributed by atoms with E-state index in [2.05, 4.69) is 10.3 Å². The molecule has 0 spiro atoms. The van der Waals surface area contributed by atoms with Crippen molar-refractivity contribution in [3.63, 3.8) is 0 Å². The van der Waals surface area contributed by atoms with Crippen LogP contribution in [0.25, 0.3) is 0 Å². The van der Waals surface area contributed by atoms with E-state index in [9.17, 15) is 15.0 Å². The molecule has 4 atom stereocenters. The number of nitrogens with zero attached hydrogens (tertiary/aromatic N) is 1. The molecule has 7 nitrogen and oxygen atoms in total. The molecule has 0 saturated carbocycles. The summed E-state index contributed by atoms with van der Waals surface area (Å²) in [5.74, 6) is -0.501. The maximum Gasteiger partial charge on any atom is 0.275 e. The van der Waals surface area contributed by atoms with Crippen LogP contribution in [0.15, 0.2) is 23.6 Å². The second-order valence-corrected chi connectivity index (χ2v) is 7.06. The van der Waals surface area contributed by atoms with Crippen LogP contribution in [-0.2, 0) is 4.74 Å². The molecule has 25 heavy (non-hydrogen) atoms. The summed E-state index contributed by atoms with van der Waals surface area (Å²) in [4.78, 5) is 16.5. The van der Waals surface area contributed by atoms with Gasteiger partial charge in [0.2, 0.25) is 0 Å². The van der Waals surface area contributed by atoms with Gasteiger partial charge in [0, 0.05) is 5.38 Å². The van der Waals surface area contributed by atoms with E-state index in [0.29, 0.717) is 15.7 Å². The SMILES string of the molecule is O=C(Nc1cccc(Cl)c1Cl)c1csc([C@@H]2O[C@H](CO)[C@@H](O)[C@H]2O)n1. The fourth-order valence-corrected chi connectivity index (χ4v) is 3.63. The van der Waals surface area contributed by atoms with E-state index in [1.807, 2.05) is 0 Å². The summed E-state index contributed by atoms with van der Waals surface area (Å²) in [6.45, 7) is -0.430. The third-order valence-corrected chi connectivity index (χ3v) is 5.47. The molecule has 2 aromatic rings. The average molecular weight is 405 g/mol. The lowest BCUT2D eigenvalue weighted by atomic mass is 10.1. The van der Waals surface area contributed by atoms with E-state index in [4.69, 9.17) is 33.0 Å². The van der Waals surface area contributed by atoms with Crippen LogP contribution in [-0.4, -0.2) is 51.1 Å². The molecular formula is C15H14Cl2N2O5S. The van der Waals surface area contributed by atoms with E-state index in [1.54, 1.807) is 18.2 Å². The smallest absolute Gasteiger partial charge is 0.275 e. The van der Waals surface area contributed by atoms with Crippen LogP contribution in [0.2, 0.25) is 10.0 Å². The number of aliphatic hydroxyl groups is 3. The molecule has 3 rings (SSSR count). The maximum atomic E-state index is 12.3. The first-order chi connectivity index (χ1) is 11.9. The number of hydrogen-bond acceptors (Lipinski definition) is 7. The molecule has 0 bridgehead atoms. The van der Waals surface area contributed by atoms with Gasteiger partial charge in [-0.05, 0) is 12.1 Å². The maximum absolute atomic E-state index is 12.3. The number of thiazole rings is 1. The Hall–Kier alpha value is -1.26. The zero-order chi connectivity index (χ0) is 18.1. The van der Waals surface area contributed by atoms with Crippen LogP contribution in [0.4, 0.5) is 5.69 Å². The fraction of sp³-hybridized carbons (Fsp3) is 0.333. The fourth-order valence-electron chi connectivity index (χ4n) is 2.41. The van der Waals surface area contributed by atoms with Gasteiger partial charge in [0.15, 0.2) is 0 Å². The van der Waals surface area contributed by atoms with Gasteiger partial charge in [0.05, 0.1) is 22.3 Å². The number of amides is 1. The van der Waals surface area contributed by atoms with Crippen molar-refractivity contribution in [3.05, 3.63) is 44.3 Å². The second kappa shape index (κ2) is 7.55. The van der Waals surface area contributed by atoms with Gasteiger partial charge in [-0.2, -0.15) is 0 Å². The molecule has 1 aromatic carbocycles. The van der Waals surface area contributed by atoms with Crippen molar-refractivity contribution in [1.82, 2.24) is 4.98 Å². The summed E-state index contributed by atoms with van der Waals surface area (Å²) in [6, 6.07) is 4.85. The molecule has 2 heterocycles. The molecule has 1 aliphatic rings. The second-order valence-electron chi connectivity index (χ2n) is 5.39. The van der Waals surface area contributed by atoms with Gasteiger partial charge in [0.1, 0.15) is 35.1 Å². The quantitative estimate of drug-likeness (QED) is 0.618. The highest BCUT2D eigenvalue weighted by Crippen LogP contribution is 2.35. The van der Waals surface area contributed by atoms with E-state index in [0.717, 1.165) is 11.3 Å². The van der Waals surface area contributed by atoms with Gasteiger partial charge in [-0.25, -0.2) is 4.98 Å². The summed E-state index contributed by atoms with van der Waals surface area (Å²) in [5.41, 5.74) is 0.454. The van der Waals surface area contributed by atoms with Gasteiger partial charge < -0.3 is 25.4 Å². The Kier molecular flexibility index (Phi) is 5.59. The molecule has 1 aliphatic heterocycles. The van der Waals surface area contributed by atoms with Gasteiger partial charge in [-0.3, -0.25) is 4.79 Å². The first-order valence-electron chi connectivity index (χ1n) is 7.25. The highest BCUT2D eigenvalue weighted by molar-refractivity contribution is 7.09. The normalized spacial score (nSPS) is 26.0. The largest absolute Gasteiger partial charge is 0.394 e. The third-order valence-electron chi connectivity index (χ3n) is 3.74. The number of carbonyl (C=O) groups excluding carboxylic acids is 1. The number of halogens is 2. The standard InChI is InChI=1S/C15H14Cl2N2O5S/c16-6-2-1-3-7(10(6)17)18-14(23)8-5-25-15(19-8)13-12(22)11(21)9(4-20)24-13/h1-3,5,9,11-13,20-22H,4H2,(H,18,23)/t9-,11-,12-,13-/m1/s1. The van der Waals surface area contributed by atoms with Crippen LogP contribution in [0.1, 0.15) is 21.6 Å². The zero-order valence-electron chi connectivity index (χ0n) is 12.6. The number of rotatable bonds is 4. The Morgan fingerprint density at radius 2 is 2.08 bits per heavy atom. The molecule has 0 aliphatic carbocycles. The Balaban J connectivity index is 1.75. The van der Waals surface area contributed by atoms with Gasteiger partial charge >= 0.3 is 0 Å². The summed E-state index contributed by atoms with van der Waals surface area (Å²) in [7, 11) is 0. The molecule has 1 aromatic heterocycles. The minimum Gasteiger partial charge on any atom is -0.394 e.